The van der Waals surface area contributed by atoms with Crippen LogP contribution in [0, 0.1) is 11.6 Å². The number of halogens is 2. The molecule has 2 aliphatic rings. The van der Waals surface area contributed by atoms with Crippen LogP contribution in [0.3, 0.4) is 0 Å². The normalized spacial score (nSPS) is 18.3. The molecule has 2 aromatic rings. The molecule has 1 saturated heterocycles. The van der Waals surface area contributed by atoms with Crippen molar-refractivity contribution in [2.45, 2.75) is 23.2 Å². The number of likely N-dealkylation sites (tertiary alicyclic amines) is 1. The minimum absolute atomic E-state index is 0.0384. The molecule has 30 heavy (non-hydrogen) atoms. The number of piperidine rings is 1. The van der Waals surface area contributed by atoms with Crippen molar-refractivity contribution in [1.29, 1.82) is 0 Å². The van der Waals surface area contributed by atoms with Crippen LogP contribution in [-0.4, -0.2) is 51.7 Å². The minimum atomic E-state index is -4.00. The average Bonchev–Trinajstić information content (AvgIpc) is 2.93. The summed E-state index contributed by atoms with van der Waals surface area (Å²) >= 11 is 0. The van der Waals surface area contributed by atoms with Gasteiger partial charge in [-0.25, -0.2) is 17.2 Å². The number of amides is 1. The highest BCUT2D eigenvalue weighted by Crippen LogP contribution is 2.44. The van der Waals surface area contributed by atoms with Crippen LogP contribution >= 0.6 is 0 Å². The highest BCUT2D eigenvalue weighted by Gasteiger charge is 2.48. The van der Waals surface area contributed by atoms with Crippen LogP contribution in [0.25, 0.3) is 0 Å². The number of rotatable bonds is 5. The van der Waals surface area contributed by atoms with E-state index in [1.165, 1.54) is 0 Å². The van der Waals surface area contributed by atoms with E-state index in [1.54, 1.807) is 0 Å². The lowest BCUT2D eigenvalue weighted by Crippen LogP contribution is -2.47. The molecule has 0 bridgehead atoms. The smallest absolute Gasteiger partial charge is 0.235 e. The third-order valence-electron chi connectivity index (χ3n) is 5.85. The minimum Gasteiger partial charge on any atom is -0.492 e. The average molecular weight is 436 g/mol. The molecule has 2 aromatic carbocycles. The maximum atomic E-state index is 14.0. The molecule has 0 unspecified atom stereocenters. The zero-order valence-corrected chi connectivity index (χ0v) is 17.3. The summed E-state index contributed by atoms with van der Waals surface area (Å²) < 4.78 is 56.3. The fourth-order valence-electron chi connectivity index (χ4n) is 4.30. The zero-order chi connectivity index (χ0) is 21.5. The lowest BCUT2D eigenvalue weighted by atomic mass is 9.74. The number of para-hydroxylation sites is 1. The summed E-state index contributed by atoms with van der Waals surface area (Å²) in [6.07, 6.45) is 2.12. The van der Waals surface area contributed by atoms with Gasteiger partial charge >= 0.3 is 0 Å². The van der Waals surface area contributed by atoms with Crippen molar-refractivity contribution in [2.24, 2.45) is 0 Å². The fraction of sp³-hybridized carbons (Fsp3) is 0.381. The summed E-state index contributed by atoms with van der Waals surface area (Å²) in [5.41, 5.74) is 1.42. The lowest BCUT2D eigenvalue weighted by molar-refractivity contribution is -0.122. The molecule has 9 heteroatoms. The van der Waals surface area contributed by atoms with E-state index in [4.69, 9.17) is 4.74 Å². The Balaban J connectivity index is 1.35. The monoisotopic (exact) mass is 436 g/mol. The van der Waals surface area contributed by atoms with E-state index in [9.17, 15) is 22.0 Å². The number of benzene rings is 2. The summed E-state index contributed by atoms with van der Waals surface area (Å²) in [5, 5.41) is 2.97. The van der Waals surface area contributed by atoms with E-state index in [0.717, 1.165) is 29.6 Å². The third-order valence-corrected chi connectivity index (χ3v) is 6.99. The molecule has 1 spiro atoms. The number of sulfone groups is 1. The van der Waals surface area contributed by atoms with Gasteiger partial charge in [-0.2, -0.15) is 0 Å². The van der Waals surface area contributed by atoms with Gasteiger partial charge in [-0.1, -0.05) is 18.2 Å². The Hall–Kier alpha value is -2.52. The van der Waals surface area contributed by atoms with Crippen LogP contribution in [-0.2, 0) is 20.0 Å². The quantitative estimate of drug-likeness (QED) is 0.780. The molecule has 0 saturated carbocycles. The summed E-state index contributed by atoms with van der Waals surface area (Å²) in [5.74, 6) is -2.36. The van der Waals surface area contributed by atoms with Crippen molar-refractivity contribution in [3.8, 4) is 5.75 Å². The predicted octanol–water partition coefficient (Wildman–Crippen LogP) is 2.73. The highest BCUT2D eigenvalue weighted by molar-refractivity contribution is 7.90. The Morgan fingerprint density at radius 1 is 1.13 bits per heavy atom. The first-order valence-corrected chi connectivity index (χ1v) is 11.5. The number of hydrogen-bond donors (Lipinski definition) is 1. The molecule has 0 atom stereocenters. The number of carbonyl (C=O) groups is 1. The first-order valence-electron chi connectivity index (χ1n) is 9.66. The van der Waals surface area contributed by atoms with E-state index in [-0.39, 0.29) is 18.3 Å². The van der Waals surface area contributed by atoms with Crippen LogP contribution < -0.4 is 10.1 Å². The van der Waals surface area contributed by atoms with Gasteiger partial charge in [-0.3, -0.25) is 9.69 Å². The molecule has 6 nitrogen and oxygen atoms in total. The van der Waals surface area contributed by atoms with Crippen molar-refractivity contribution >= 4 is 21.4 Å². The molecular formula is C21H22F2N2O4S. The van der Waals surface area contributed by atoms with E-state index in [1.807, 2.05) is 24.3 Å². The Morgan fingerprint density at radius 3 is 2.40 bits per heavy atom. The SMILES string of the molecule is CS(=O)(=O)c1c(F)cc(OCCN2CCC3(CC2)C(=O)Nc2ccccc23)cc1F. The molecule has 1 N–H and O–H groups in total. The Morgan fingerprint density at radius 2 is 1.77 bits per heavy atom. The second kappa shape index (κ2) is 7.63. The van der Waals surface area contributed by atoms with Gasteiger partial charge < -0.3 is 10.1 Å². The van der Waals surface area contributed by atoms with Gasteiger partial charge in [-0.05, 0) is 37.6 Å². The van der Waals surface area contributed by atoms with Crippen LogP contribution in [0.4, 0.5) is 14.5 Å². The molecule has 160 valence electrons. The molecule has 1 fully saturated rings. The van der Waals surface area contributed by atoms with E-state index < -0.39 is 31.8 Å². The van der Waals surface area contributed by atoms with Crippen molar-refractivity contribution in [3.63, 3.8) is 0 Å². The molecule has 1 amide bonds. The number of fused-ring (bicyclic) bond motifs is 2. The van der Waals surface area contributed by atoms with Gasteiger partial charge in [0.05, 0.1) is 5.41 Å². The molecule has 4 rings (SSSR count). The lowest BCUT2D eigenvalue weighted by Gasteiger charge is -2.37. The second-order valence-electron chi connectivity index (χ2n) is 7.76. The number of anilines is 1. The molecule has 2 heterocycles. The van der Waals surface area contributed by atoms with Gasteiger partial charge in [-0.15, -0.1) is 0 Å². The summed E-state index contributed by atoms with van der Waals surface area (Å²) in [6.45, 7) is 2.10. The zero-order valence-electron chi connectivity index (χ0n) is 16.5. The molecule has 0 aromatic heterocycles. The Labute approximate surface area is 173 Å². The van der Waals surface area contributed by atoms with Crippen LogP contribution in [0.1, 0.15) is 18.4 Å². The van der Waals surface area contributed by atoms with Gasteiger partial charge in [0, 0.05) is 30.6 Å². The van der Waals surface area contributed by atoms with Crippen molar-refractivity contribution in [1.82, 2.24) is 4.90 Å². The van der Waals surface area contributed by atoms with E-state index in [2.05, 4.69) is 10.2 Å². The maximum absolute atomic E-state index is 14.0. The number of nitrogens with zero attached hydrogens (tertiary/aromatic N) is 1. The van der Waals surface area contributed by atoms with Gasteiger partial charge in [0.1, 0.15) is 28.9 Å². The van der Waals surface area contributed by atoms with Gasteiger partial charge in [0.15, 0.2) is 9.84 Å². The van der Waals surface area contributed by atoms with Crippen molar-refractivity contribution in [2.75, 3.05) is 37.8 Å². The van der Waals surface area contributed by atoms with Gasteiger partial charge in [0.2, 0.25) is 5.91 Å². The van der Waals surface area contributed by atoms with Crippen LogP contribution in [0.15, 0.2) is 41.3 Å². The predicted molar refractivity (Wildman–Crippen MR) is 107 cm³/mol. The summed E-state index contributed by atoms with van der Waals surface area (Å²) in [4.78, 5) is 13.8. The third kappa shape index (κ3) is 3.67. The molecule has 2 aliphatic heterocycles. The van der Waals surface area contributed by atoms with E-state index in [0.29, 0.717) is 32.5 Å². The van der Waals surface area contributed by atoms with Crippen LogP contribution in [0.2, 0.25) is 0 Å². The summed E-state index contributed by atoms with van der Waals surface area (Å²) in [7, 11) is -4.00. The van der Waals surface area contributed by atoms with Crippen LogP contribution in [0.5, 0.6) is 5.75 Å². The number of nitrogens with one attached hydrogen (secondary N) is 1. The summed E-state index contributed by atoms with van der Waals surface area (Å²) in [6, 6.07) is 9.51. The Kier molecular flexibility index (Phi) is 5.27. The fourth-order valence-corrected chi connectivity index (χ4v) is 5.12. The first-order chi connectivity index (χ1) is 14.2. The topological polar surface area (TPSA) is 75.7 Å². The maximum Gasteiger partial charge on any atom is 0.235 e. The largest absolute Gasteiger partial charge is 0.492 e. The number of ether oxygens (including phenoxy) is 1. The number of hydrogen-bond acceptors (Lipinski definition) is 5. The standard InChI is InChI=1S/C21H22F2N2O4S/c1-30(27,28)19-16(22)12-14(13-17(19)23)29-11-10-25-8-6-21(7-9-25)15-4-2-3-5-18(15)24-20(21)26/h2-5,12-13H,6-11H2,1H3,(H,24,26). The highest BCUT2D eigenvalue weighted by atomic mass is 32.2. The Bertz CT molecular complexity index is 1070. The number of carbonyl (C=O) groups excluding carboxylic acids is 1. The van der Waals surface area contributed by atoms with E-state index >= 15 is 0 Å². The van der Waals surface area contributed by atoms with Crippen molar-refractivity contribution in [3.05, 3.63) is 53.6 Å². The van der Waals surface area contributed by atoms with Gasteiger partial charge in [0.25, 0.3) is 0 Å². The first kappa shape index (κ1) is 20.7. The second-order valence-corrected chi connectivity index (χ2v) is 9.71. The molecule has 0 aliphatic carbocycles. The molecule has 0 radical (unpaired) electrons. The van der Waals surface area contributed by atoms with Crippen molar-refractivity contribution < 1.29 is 26.7 Å². The molecular weight excluding hydrogens is 414 g/mol.